The molecule has 1 fully saturated rings. The topological polar surface area (TPSA) is 73.3 Å². The molecule has 1 unspecified atom stereocenters. The van der Waals surface area contributed by atoms with Crippen molar-refractivity contribution in [2.75, 3.05) is 19.8 Å². The van der Waals surface area contributed by atoms with Crippen LogP contribution in [0, 0.1) is 0 Å². The summed E-state index contributed by atoms with van der Waals surface area (Å²) in [5.41, 5.74) is 6.18. The Morgan fingerprint density at radius 1 is 1.60 bits per heavy atom. The molecule has 2 rings (SSSR count). The smallest absolute Gasteiger partial charge is 0.0942 e. The van der Waals surface area contributed by atoms with Gasteiger partial charge in [-0.25, -0.2) is 0 Å². The van der Waals surface area contributed by atoms with Gasteiger partial charge in [0.05, 0.1) is 18.3 Å². The van der Waals surface area contributed by atoms with Gasteiger partial charge in [-0.3, -0.25) is 4.68 Å². The van der Waals surface area contributed by atoms with Gasteiger partial charge in [0.2, 0.25) is 0 Å². The third-order valence-corrected chi connectivity index (χ3v) is 2.79. The minimum Gasteiger partial charge on any atom is -0.387 e. The van der Waals surface area contributed by atoms with Crippen LogP contribution in [-0.4, -0.2) is 34.6 Å². The predicted molar refractivity (Wildman–Crippen MR) is 55.3 cm³/mol. The van der Waals surface area contributed by atoms with Crippen molar-refractivity contribution in [3.05, 3.63) is 18.0 Å². The molecule has 5 heteroatoms. The Labute approximate surface area is 88.8 Å². The number of aromatic nitrogens is 2. The number of hydrogen-bond acceptors (Lipinski definition) is 4. The monoisotopic (exact) mass is 211 g/mol. The Bertz CT molecular complexity index is 307. The molecule has 2 heterocycles. The molecule has 1 aromatic heterocycles. The molecule has 5 nitrogen and oxygen atoms in total. The number of ether oxygens (including phenoxy) is 1. The van der Waals surface area contributed by atoms with Gasteiger partial charge in [0.25, 0.3) is 0 Å². The number of nitrogens with zero attached hydrogens (tertiary/aromatic N) is 2. The van der Waals surface area contributed by atoms with E-state index in [1.165, 1.54) is 0 Å². The van der Waals surface area contributed by atoms with Crippen molar-refractivity contribution in [3.63, 3.8) is 0 Å². The summed E-state index contributed by atoms with van der Waals surface area (Å²) in [6.07, 6.45) is 4.94. The molecule has 84 valence electrons. The maximum absolute atomic E-state index is 9.54. The van der Waals surface area contributed by atoms with E-state index in [9.17, 15) is 5.11 Å². The van der Waals surface area contributed by atoms with Crippen LogP contribution in [0.1, 0.15) is 30.6 Å². The van der Waals surface area contributed by atoms with Gasteiger partial charge in [-0.1, -0.05) is 0 Å². The van der Waals surface area contributed by atoms with Crippen LogP contribution in [0.15, 0.2) is 12.4 Å². The summed E-state index contributed by atoms with van der Waals surface area (Å²) >= 11 is 0. The molecule has 1 atom stereocenters. The lowest BCUT2D eigenvalue weighted by Gasteiger charge is -2.22. The molecule has 1 saturated heterocycles. The van der Waals surface area contributed by atoms with Gasteiger partial charge in [-0.15, -0.1) is 0 Å². The minimum atomic E-state index is -0.599. The fraction of sp³-hybridized carbons (Fsp3) is 0.700. The van der Waals surface area contributed by atoms with Crippen molar-refractivity contribution in [3.8, 4) is 0 Å². The number of aliphatic hydroxyl groups is 1. The first-order valence-corrected chi connectivity index (χ1v) is 5.31. The second-order valence-corrected chi connectivity index (χ2v) is 3.85. The Balaban J connectivity index is 2.05. The Morgan fingerprint density at radius 2 is 2.33 bits per heavy atom. The minimum absolute atomic E-state index is 0.236. The summed E-state index contributed by atoms with van der Waals surface area (Å²) in [5, 5.41) is 13.8. The summed E-state index contributed by atoms with van der Waals surface area (Å²) < 4.78 is 7.20. The molecule has 0 amide bonds. The van der Waals surface area contributed by atoms with Crippen molar-refractivity contribution >= 4 is 0 Å². The van der Waals surface area contributed by atoms with Crippen LogP contribution in [0.4, 0.5) is 0 Å². The van der Waals surface area contributed by atoms with Crippen LogP contribution in [-0.2, 0) is 4.74 Å². The third-order valence-electron chi connectivity index (χ3n) is 2.79. The molecule has 1 aliphatic rings. The molecule has 3 N–H and O–H groups in total. The summed E-state index contributed by atoms with van der Waals surface area (Å²) in [7, 11) is 0. The van der Waals surface area contributed by atoms with Crippen molar-refractivity contribution < 1.29 is 9.84 Å². The molecule has 0 saturated carbocycles. The van der Waals surface area contributed by atoms with Gasteiger partial charge in [0.15, 0.2) is 0 Å². The lowest BCUT2D eigenvalue weighted by molar-refractivity contribution is 0.0661. The molecule has 0 aromatic carbocycles. The standard InChI is InChI=1S/C10H17N3O2/c11-5-10(14)8-6-12-13(7-8)9-1-3-15-4-2-9/h6-7,9-10,14H,1-5,11H2. The van der Waals surface area contributed by atoms with Crippen LogP contribution in [0.25, 0.3) is 0 Å². The van der Waals surface area contributed by atoms with E-state index in [4.69, 9.17) is 10.5 Å². The quantitative estimate of drug-likeness (QED) is 0.750. The molecule has 1 aliphatic heterocycles. The molecule has 0 aliphatic carbocycles. The fourth-order valence-corrected chi connectivity index (χ4v) is 1.81. The van der Waals surface area contributed by atoms with Crippen molar-refractivity contribution in [2.24, 2.45) is 5.73 Å². The average Bonchev–Trinajstić information content (AvgIpc) is 2.78. The van der Waals surface area contributed by atoms with Crippen molar-refractivity contribution in [1.82, 2.24) is 9.78 Å². The van der Waals surface area contributed by atoms with Gasteiger partial charge >= 0.3 is 0 Å². The maximum atomic E-state index is 9.54. The molecule has 0 spiro atoms. The lowest BCUT2D eigenvalue weighted by Crippen LogP contribution is -2.20. The van der Waals surface area contributed by atoms with E-state index < -0.39 is 6.10 Å². The summed E-state index contributed by atoms with van der Waals surface area (Å²) in [6.45, 7) is 1.82. The molecular formula is C10H17N3O2. The number of hydrogen-bond donors (Lipinski definition) is 2. The Hall–Kier alpha value is -0.910. The maximum Gasteiger partial charge on any atom is 0.0942 e. The zero-order chi connectivity index (χ0) is 10.7. The van der Waals surface area contributed by atoms with E-state index >= 15 is 0 Å². The number of aliphatic hydroxyl groups excluding tert-OH is 1. The summed E-state index contributed by atoms with van der Waals surface area (Å²) in [6, 6.07) is 0.400. The van der Waals surface area contributed by atoms with E-state index in [1.54, 1.807) is 6.20 Å². The highest BCUT2D eigenvalue weighted by Gasteiger charge is 2.17. The predicted octanol–water partition coefficient (Wildman–Crippen LogP) is 0.227. The first kappa shape index (κ1) is 10.6. The van der Waals surface area contributed by atoms with Crippen LogP contribution in [0.2, 0.25) is 0 Å². The molecule has 15 heavy (non-hydrogen) atoms. The number of nitrogens with two attached hydrogens (primary N) is 1. The first-order chi connectivity index (χ1) is 7.31. The van der Waals surface area contributed by atoms with Crippen molar-refractivity contribution in [2.45, 2.75) is 25.0 Å². The average molecular weight is 211 g/mol. The van der Waals surface area contributed by atoms with Gasteiger partial charge in [0, 0.05) is 31.5 Å². The highest BCUT2D eigenvalue weighted by Crippen LogP contribution is 2.21. The van der Waals surface area contributed by atoms with Crippen LogP contribution in [0.5, 0.6) is 0 Å². The fourth-order valence-electron chi connectivity index (χ4n) is 1.81. The first-order valence-electron chi connectivity index (χ1n) is 5.31. The zero-order valence-corrected chi connectivity index (χ0v) is 8.67. The zero-order valence-electron chi connectivity index (χ0n) is 8.67. The molecule has 0 bridgehead atoms. The number of rotatable bonds is 3. The highest BCUT2D eigenvalue weighted by atomic mass is 16.5. The van der Waals surface area contributed by atoms with E-state index in [1.807, 2.05) is 10.9 Å². The summed E-state index contributed by atoms with van der Waals surface area (Å²) in [4.78, 5) is 0. The lowest BCUT2D eigenvalue weighted by atomic mass is 10.1. The second kappa shape index (κ2) is 4.74. The van der Waals surface area contributed by atoms with Gasteiger partial charge in [0.1, 0.15) is 0 Å². The highest BCUT2D eigenvalue weighted by molar-refractivity contribution is 5.08. The third kappa shape index (κ3) is 2.37. The largest absolute Gasteiger partial charge is 0.387 e. The van der Waals surface area contributed by atoms with E-state index in [0.29, 0.717) is 6.04 Å². The summed E-state index contributed by atoms with van der Waals surface area (Å²) in [5.74, 6) is 0. The normalized spacial score (nSPS) is 20.4. The molecule has 1 aromatic rings. The van der Waals surface area contributed by atoms with Gasteiger partial charge in [-0.2, -0.15) is 5.10 Å². The second-order valence-electron chi connectivity index (χ2n) is 3.85. The van der Waals surface area contributed by atoms with Crippen LogP contribution in [0.3, 0.4) is 0 Å². The SMILES string of the molecule is NCC(O)c1cnn(C2CCOCC2)c1. The Morgan fingerprint density at radius 3 is 3.00 bits per heavy atom. The van der Waals surface area contributed by atoms with Gasteiger partial charge in [-0.05, 0) is 12.8 Å². The van der Waals surface area contributed by atoms with Crippen molar-refractivity contribution in [1.29, 1.82) is 0 Å². The Kier molecular flexibility index (Phi) is 3.35. The van der Waals surface area contributed by atoms with E-state index in [0.717, 1.165) is 31.6 Å². The van der Waals surface area contributed by atoms with Gasteiger partial charge < -0.3 is 15.6 Å². The molecule has 0 radical (unpaired) electrons. The molecular weight excluding hydrogens is 194 g/mol. The van der Waals surface area contributed by atoms with Crippen LogP contribution >= 0.6 is 0 Å². The van der Waals surface area contributed by atoms with E-state index in [2.05, 4.69) is 5.10 Å². The van der Waals surface area contributed by atoms with Crippen LogP contribution < -0.4 is 5.73 Å². The van der Waals surface area contributed by atoms with E-state index in [-0.39, 0.29) is 6.54 Å².